The zero-order chi connectivity index (χ0) is 28.1. The number of unbranched alkanes of at least 4 members (excludes halogenated alkanes) is 1. The predicted octanol–water partition coefficient (Wildman–Crippen LogP) is -0.780. The molecule has 1 saturated heterocycles. The number of nitrogens with two attached hydrogens (primary N) is 1. The molecule has 13 nitrogen and oxygen atoms in total. The predicted molar refractivity (Wildman–Crippen MR) is 136 cm³/mol. The van der Waals surface area contributed by atoms with E-state index in [-0.39, 0.29) is 31.4 Å². The quantitative estimate of drug-likeness (QED) is 0.123. The smallest absolute Gasteiger partial charge is 0.326 e. The minimum absolute atomic E-state index is 0.0144. The second kappa shape index (κ2) is 15.5. The standard InChI is InChI=1S/C25H37N5O8/c26-12-2-1-4-18(23(35)30-20(25(37)38)14-15-6-8-16(31)9-7-15)28-24(36)19(10-11-21(32)33)29-22(34)17-5-3-13-27-17/h6-9,17-20,27,31H,1-5,10-14,26H2,(H,28,36)(H,29,34)(H,30,35)(H,32,33)(H,37,38). The molecule has 4 unspecified atom stereocenters. The Balaban J connectivity index is 2.13. The molecule has 1 aromatic rings. The van der Waals surface area contributed by atoms with E-state index in [0.29, 0.717) is 37.9 Å². The number of carbonyl (C=O) groups excluding carboxylic acids is 3. The summed E-state index contributed by atoms with van der Waals surface area (Å²) in [4.78, 5) is 61.8. The van der Waals surface area contributed by atoms with Crippen LogP contribution in [0.5, 0.6) is 5.75 Å². The highest BCUT2D eigenvalue weighted by Crippen LogP contribution is 2.12. The maximum Gasteiger partial charge on any atom is 0.326 e. The van der Waals surface area contributed by atoms with Gasteiger partial charge in [-0.05, 0) is 69.3 Å². The van der Waals surface area contributed by atoms with Crippen LogP contribution in [0.4, 0.5) is 0 Å². The van der Waals surface area contributed by atoms with Crippen LogP contribution in [-0.4, -0.2) is 82.2 Å². The largest absolute Gasteiger partial charge is 0.508 e. The summed E-state index contributed by atoms with van der Waals surface area (Å²) in [6.45, 7) is 1.01. The van der Waals surface area contributed by atoms with E-state index in [1.54, 1.807) is 0 Å². The van der Waals surface area contributed by atoms with Crippen molar-refractivity contribution in [2.75, 3.05) is 13.1 Å². The van der Waals surface area contributed by atoms with E-state index in [0.717, 1.165) is 6.42 Å². The van der Waals surface area contributed by atoms with Gasteiger partial charge in [0.1, 0.15) is 23.9 Å². The van der Waals surface area contributed by atoms with Crippen molar-refractivity contribution < 1.29 is 39.3 Å². The molecule has 2 rings (SSSR count). The zero-order valence-corrected chi connectivity index (χ0v) is 21.2. The molecule has 9 N–H and O–H groups in total. The van der Waals surface area contributed by atoms with Gasteiger partial charge in [-0.1, -0.05) is 12.1 Å². The number of hydrogen-bond donors (Lipinski definition) is 8. The molecule has 1 aliphatic rings. The Morgan fingerprint density at radius 3 is 2.11 bits per heavy atom. The van der Waals surface area contributed by atoms with Crippen molar-refractivity contribution in [1.29, 1.82) is 0 Å². The Morgan fingerprint density at radius 1 is 0.921 bits per heavy atom. The van der Waals surface area contributed by atoms with Gasteiger partial charge in [-0.15, -0.1) is 0 Å². The van der Waals surface area contributed by atoms with Crippen LogP contribution in [0.2, 0.25) is 0 Å². The van der Waals surface area contributed by atoms with Crippen LogP contribution < -0.4 is 27.0 Å². The molecule has 0 radical (unpaired) electrons. The van der Waals surface area contributed by atoms with E-state index < -0.39 is 53.8 Å². The average Bonchev–Trinajstić information content (AvgIpc) is 3.41. The first-order valence-corrected chi connectivity index (χ1v) is 12.7. The van der Waals surface area contributed by atoms with Crippen LogP contribution in [-0.2, 0) is 30.4 Å². The number of amides is 3. The van der Waals surface area contributed by atoms with E-state index in [9.17, 15) is 34.2 Å². The number of phenols is 1. The van der Waals surface area contributed by atoms with Gasteiger partial charge in [-0.2, -0.15) is 0 Å². The van der Waals surface area contributed by atoms with Crippen LogP contribution in [0.25, 0.3) is 0 Å². The number of carboxylic acid groups (broad SMARTS) is 2. The fourth-order valence-electron chi connectivity index (χ4n) is 4.09. The fraction of sp³-hybridized carbons (Fsp3) is 0.560. The molecule has 3 amide bonds. The summed E-state index contributed by atoms with van der Waals surface area (Å²) in [7, 11) is 0. The van der Waals surface area contributed by atoms with Crippen molar-refractivity contribution in [2.24, 2.45) is 5.73 Å². The van der Waals surface area contributed by atoms with Crippen molar-refractivity contribution >= 4 is 29.7 Å². The Labute approximate surface area is 220 Å². The Kier molecular flexibility index (Phi) is 12.5. The van der Waals surface area contributed by atoms with Crippen molar-refractivity contribution in [2.45, 2.75) is 75.5 Å². The first-order valence-electron chi connectivity index (χ1n) is 12.7. The third-order valence-corrected chi connectivity index (χ3v) is 6.23. The molecule has 1 heterocycles. The summed E-state index contributed by atoms with van der Waals surface area (Å²) in [5.74, 6) is -4.32. The molecule has 13 heteroatoms. The molecule has 38 heavy (non-hydrogen) atoms. The van der Waals surface area contributed by atoms with Gasteiger partial charge in [0, 0.05) is 12.8 Å². The number of rotatable bonds is 16. The molecule has 1 aliphatic heterocycles. The van der Waals surface area contributed by atoms with E-state index in [2.05, 4.69) is 21.3 Å². The highest BCUT2D eigenvalue weighted by Gasteiger charge is 2.31. The van der Waals surface area contributed by atoms with Gasteiger partial charge >= 0.3 is 11.9 Å². The number of carbonyl (C=O) groups is 5. The average molecular weight is 536 g/mol. The molecule has 4 atom stereocenters. The Morgan fingerprint density at radius 2 is 1.55 bits per heavy atom. The number of nitrogens with one attached hydrogen (secondary N) is 4. The van der Waals surface area contributed by atoms with Crippen LogP contribution in [0, 0.1) is 0 Å². The van der Waals surface area contributed by atoms with Gasteiger partial charge in [-0.3, -0.25) is 19.2 Å². The minimum Gasteiger partial charge on any atom is -0.508 e. The minimum atomic E-state index is -1.31. The number of benzene rings is 1. The van der Waals surface area contributed by atoms with Crippen LogP contribution >= 0.6 is 0 Å². The van der Waals surface area contributed by atoms with Crippen LogP contribution in [0.15, 0.2) is 24.3 Å². The highest BCUT2D eigenvalue weighted by atomic mass is 16.4. The summed E-state index contributed by atoms with van der Waals surface area (Å²) in [6.07, 6.45) is 1.93. The monoisotopic (exact) mass is 535 g/mol. The molecular formula is C25H37N5O8. The second-order valence-corrected chi connectivity index (χ2v) is 9.26. The molecular weight excluding hydrogens is 498 g/mol. The molecule has 0 spiro atoms. The van der Waals surface area contributed by atoms with E-state index in [1.165, 1.54) is 24.3 Å². The van der Waals surface area contributed by atoms with Crippen molar-refractivity contribution in [3.05, 3.63) is 29.8 Å². The Bertz CT molecular complexity index is 965. The molecule has 1 fully saturated rings. The Hall–Kier alpha value is -3.71. The third-order valence-electron chi connectivity index (χ3n) is 6.23. The number of aromatic hydroxyl groups is 1. The van der Waals surface area contributed by atoms with E-state index in [4.69, 9.17) is 10.8 Å². The molecule has 210 valence electrons. The van der Waals surface area contributed by atoms with Gasteiger partial charge in [-0.25, -0.2) is 4.79 Å². The SMILES string of the molecule is NCCCCC(NC(=O)C(CCC(=O)O)NC(=O)C1CCCN1)C(=O)NC(Cc1ccc(O)cc1)C(=O)O. The third kappa shape index (κ3) is 10.3. The molecule has 0 aliphatic carbocycles. The maximum atomic E-state index is 13.1. The van der Waals surface area contributed by atoms with Crippen LogP contribution in [0.3, 0.4) is 0 Å². The van der Waals surface area contributed by atoms with Crippen molar-refractivity contribution in [3.63, 3.8) is 0 Å². The van der Waals surface area contributed by atoms with Gasteiger partial charge in [0.05, 0.1) is 6.04 Å². The summed E-state index contributed by atoms with van der Waals surface area (Å²) in [6, 6.07) is 1.74. The van der Waals surface area contributed by atoms with Crippen molar-refractivity contribution in [1.82, 2.24) is 21.3 Å². The van der Waals surface area contributed by atoms with Gasteiger partial charge < -0.3 is 42.3 Å². The zero-order valence-electron chi connectivity index (χ0n) is 21.2. The summed E-state index contributed by atoms with van der Waals surface area (Å²) < 4.78 is 0. The molecule has 1 aromatic carbocycles. The van der Waals surface area contributed by atoms with E-state index >= 15 is 0 Å². The summed E-state index contributed by atoms with van der Waals surface area (Å²) in [5.41, 5.74) is 6.11. The first-order chi connectivity index (χ1) is 18.1. The van der Waals surface area contributed by atoms with E-state index in [1.807, 2.05) is 0 Å². The highest BCUT2D eigenvalue weighted by molar-refractivity contribution is 5.94. The lowest BCUT2D eigenvalue weighted by molar-refractivity contribution is -0.142. The number of phenolic OH excluding ortho intramolecular Hbond substituents is 1. The number of carboxylic acids is 2. The van der Waals surface area contributed by atoms with Gasteiger partial charge in [0.15, 0.2) is 0 Å². The fourth-order valence-corrected chi connectivity index (χ4v) is 4.09. The first kappa shape index (κ1) is 30.5. The van der Waals surface area contributed by atoms with Gasteiger partial charge in [0.2, 0.25) is 17.7 Å². The lowest BCUT2D eigenvalue weighted by Crippen LogP contribution is -2.57. The maximum absolute atomic E-state index is 13.1. The molecule has 0 bridgehead atoms. The topological polar surface area (TPSA) is 220 Å². The molecule has 0 aromatic heterocycles. The van der Waals surface area contributed by atoms with Crippen molar-refractivity contribution in [3.8, 4) is 5.75 Å². The van der Waals surface area contributed by atoms with Gasteiger partial charge in [0.25, 0.3) is 0 Å². The molecule has 0 saturated carbocycles. The lowest BCUT2D eigenvalue weighted by Gasteiger charge is -2.25. The summed E-state index contributed by atoms with van der Waals surface area (Å²) in [5, 5.41) is 38.8. The summed E-state index contributed by atoms with van der Waals surface area (Å²) >= 11 is 0. The second-order valence-electron chi connectivity index (χ2n) is 9.26. The lowest BCUT2D eigenvalue weighted by atomic mass is 10.0. The number of hydrogen-bond acceptors (Lipinski definition) is 8. The van der Waals surface area contributed by atoms with Crippen LogP contribution in [0.1, 0.15) is 50.5 Å². The number of aliphatic carboxylic acids is 2. The normalized spacial score (nSPS) is 17.1.